The number of hydrogen-bond acceptors (Lipinski definition) is 3. The Bertz CT molecular complexity index is 1070. The van der Waals surface area contributed by atoms with E-state index in [4.69, 9.17) is 9.47 Å². The molecule has 5 rings (SSSR count). The minimum absolute atomic E-state index is 0.0764. The molecule has 4 heterocycles. The SMILES string of the molecule is COC(=O)C1=CO[C@@H](C)C2C[n+]3ccc4c([nH]c5ccccc54)c3C[C@H]12. The molecule has 2 aliphatic rings. The number of rotatable bonds is 1. The van der Waals surface area contributed by atoms with Crippen molar-refractivity contribution in [2.75, 3.05) is 7.11 Å². The highest BCUT2D eigenvalue weighted by Crippen LogP contribution is 2.38. The highest BCUT2D eigenvalue weighted by atomic mass is 16.5. The van der Waals surface area contributed by atoms with Gasteiger partial charge < -0.3 is 14.5 Å². The summed E-state index contributed by atoms with van der Waals surface area (Å²) in [5, 5.41) is 2.46. The predicted molar refractivity (Wildman–Crippen MR) is 97.3 cm³/mol. The lowest BCUT2D eigenvalue weighted by Crippen LogP contribution is -2.53. The Balaban J connectivity index is 1.68. The Labute approximate surface area is 151 Å². The van der Waals surface area contributed by atoms with Gasteiger partial charge in [-0.2, -0.15) is 0 Å². The van der Waals surface area contributed by atoms with Crippen molar-refractivity contribution in [1.82, 2.24) is 4.98 Å². The fraction of sp³-hybridized carbons (Fsp3) is 0.333. The van der Waals surface area contributed by atoms with Crippen molar-refractivity contribution in [3.63, 3.8) is 0 Å². The maximum atomic E-state index is 12.3. The van der Waals surface area contributed by atoms with Crippen LogP contribution in [0, 0.1) is 11.8 Å². The number of aromatic nitrogens is 2. The number of fused-ring (bicyclic) bond motifs is 6. The molecule has 0 fully saturated rings. The van der Waals surface area contributed by atoms with Gasteiger partial charge in [0.25, 0.3) is 0 Å². The summed E-state index contributed by atoms with van der Waals surface area (Å²) >= 11 is 0. The number of hydrogen-bond donors (Lipinski definition) is 1. The Morgan fingerprint density at radius 3 is 2.96 bits per heavy atom. The monoisotopic (exact) mass is 349 g/mol. The zero-order valence-corrected chi connectivity index (χ0v) is 14.9. The zero-order valence-electron chi connectivity index (χ0n) is 14.9. The summed E-state index contributed by atoms with van der Waals surface area (Å²) in [5.41, 5.74) is 4.19. The number of nitrogens with zero attached hydrogens (tertiary/aromatic N) is 1. The van der Waals surface area contributed by atoms with E-state index in [2.05, 4.69) is 46.9 Å². The number of nitrogens with one attached hydrogen (secondary N) is 1. The average Bonchev–Trinajstić information content (AvgIpc) is 3.06. The van der Waals surface area contributed by atoms with Crippen LogP contribution in [0.1, 0.15) is 12.6 Å². The number of ether oxygens (including phenoxy) is 2. The van der Waals surface area contributed by atoms with E-state index in [9.17, 15) is 4.79 Å². The smallest absolute Gasteiger partial charge is 0.337 e. The molecule has 2 aromatic heterocycles. The molecule has 0 saturated carbocycles. The van der Waals surface area contributed by atoms with Gasteiger partial charge in [-0.05, 0) is 13.0 Å². The van der Waals surface area contributed by atoms with Gasteiger partial charge >= 0.3 is 5.97 Å². The number of para-hydroxylation sites is 1. The fourth-order valence-electron chi connectivity index (χ4n) is 4.57. The number of carbonyl (C=O) groups is 1. The molecule has 132 valence electrons. The van der Waals surface area contributed by atoms with Gasteiger partial charge in [-0.1, -0.05) is 18.2 Å². The normalized spacial score (nSPS) is 24.5. The molecule has 0 saturated heterocycles. The summed E-state index contributed by atoms with van der Waals surface area (Å²) in [7, 11) is 1.43. The summed E-state index contributed by atoms with van der Waals surface area (Å²) in [6, 6.07) is 10.5. The Morgan fingerprint density at radius 2 is 2.12 bits per heavy atom. The molecule has 0 amide bonds. The largest absolute Gasteiger partial charge is 0.497 e. The van der Waals surface area contributed by atoms with Gasteiger partial charge in [0, 0.05) is 34.7 Å². The number of H-pyrrole nitrogens is 1. The van der Waals surface area contributed by atoms with Crippen LogP contribution in [0.25, 0.3) is 21.8 Å². The van der Waals surface area contributed by atoms with Crippen LogP contribution >= 0.6 is 0 Å². The second-order valence-electron chi connectivity index (χ2n) is 7.25. The van der Waals surface area contributed by atoms with Crippen molar-refractivity contribution in [2.45, 2.75) is 26.0 Å². The predicted octanol–water partition coefficient (Wildman–Crippen LogP) is 2.87. The molecule has 1 aromatic carbocycles. The Kier molecular flexibility index (Phi) is 3.32. The number of carbonyl (C=O) groups excluding carboxylic acids is 1. The zero-order chi connectivity index (χ0) is 17.8. The molecule has 1 unspecified atom stereocenters. The molecule has 5 heteroatoms. The van der Waals surface area contributed by atoms with Crippen LogP contribution in [-0.2, 0) is 27.2 Å². The van der Waals surface area contributed by atoms with E-state index in [-0.39, 0.29) is 23.9 Å². The van der Waals surface area contributed by atoms with Crippen LogP contribution in [0.4, 0.5) is 0 Å². The molecule has 0 bridgehead atoms. The molecular weight excluding hydrogens is 328 g/mol. The van der Waals surface area contributed by atoms with Gasteiger partial charge in [0.1, 0.15) is 11.6 Å². The maximum Gasteiger partial charge on any atom is 0.337 e. The van der Waals surface area contributed by atoms with E-state index >= 15 is 0 Å². The van der Waals surface area contributed by atoms with Gasteiger partial charge in [-0.3, -0.25) is 0 Å². The fourth-order valence-corrected chi connectivity index (χ4v) is 4.57. The molecule has 0 spiro atoms. The first-order valence-electron chi connectivity index (χ1n) is 9.03. The van der Waals surface area contributed by atoms with Gasteiger partial charge in [-0.25, -0.2) is 9.36 Å². The van der Waals surface area contributed by atoms with E-state index in [1.165, 1.54) is 23.6 Å². The highest BCUT2D eigenvalue weighted by Gasteiger charge is 2.45. The quantitative estimate of drug-likeness (QED) is 0.543. The molecular formula is C21H21N2O3+. The van der Waals surface area contributed by atoms with E-state index in [0.29, 0.717) is 5.57 Å². The third kappa shape index (κ3) is 2.09. The molecule has 2 aliphatic heterocycles. The second kappa shape index (κ2) is 5.59. The summed E-state index contributed by atoms with van der Waals surface area (Å²) in [6.07, 6.45) is 4.64. The minimum Gasteiger partial charge on any atom is -0.497 e. The van der Waals surface area contributed by atoms with Gasteiger partial charge in [0.05, 0.1) is 24.9 Å². The van der Waals surface area contributed by atoms with Crippen LogP contribution in [0.5, 0.6) is 0 Å². The minimum atomic E-state index is -0.288. The van der Waals surface area contributed by atoms with Crippen molar-refractivity contribution >= 4 is 27.8 Å². The Hall–Kier alpha value is -2.82. The molecule has 0 aliphatic carbocycles. The van der Waals surface area contributed by atoms with E-state index < -0.39 is 0 Å². The van der Waals surface area contributed by atoms with Gasteiger partial charge in [-0.15, -0.1) is 0 Å². The van der Waals surface area contributed by atoms with Crippen LogP contribution in [0.3, 0.4) is 0 Å². The standard InChI is InChI=1S/C21H20N2O3/c1-12-16-10-23-8-7-14-13-5-3-4-6-18(13)22-20(14)19(23)9-15(16)17(11-26-12)21(24)25-2/h3-8,11-12,15-16H,9-10H2,1-2H3/p+1/t12-,15-,16?/m0/s1. The van der Waals surface area contributed by atoms with Crippen LogP contribution in [-0.4, -0.2) is 24.2 Å². The van der Waals surface area contributed by atoms with Crippen molar-refractivity contribution < 1.29 is 18.8 Å². The van der Waals surface area contributed by atoms with Crippen molar-refractivity contribution in [1.29, 1.82) is 0 Å². The molecule has 26 heavy (non-hydrogen) atoms. The number of methoxy groups -OCH3 is 1. The number of benzene rings is 1. The topological polar surface area (TPSA) is 55.2 Å². The van der Waals surface area contributed by atoms with Gasteiger partial charge in [0.15, 0.2) is 12.7 Å². The molecule has 3 aromatic rings. The van der Waals surface area contributed by atoms with Gasteiger partial charge in [0.2, 0.25) is 5.69 Å². The lowest BCUT2D eigenvalue weighted by molar-refractivity contribution is -0.717. The number of esters is 1. The second-order valence-corrected chi connectivity index (χ2v) is 7.25. The summed E-state index contributed by atoms with van der Waals surface area (Å²) < 4.78 is 13.0. The van der Waals surface area contributed by atoms with Crippen molar-refractivity contribution in [3.05, 3.63) is 54.1 Å². The first-order chi connectivity index (χ1) is 12.7. The molecule has 5 nitrogen and oxygen atoms in total. The van der Waals surface area contributed by atoms with Crippen LogP contribution < -0.4 is 4.57 Å². The Morgan fingerprint density at radius 1 is 1.27 bits per heavy atom. The van der Waals surface area contributed by atoms with E-state index in [1.54, 1.807) is 6.26 Å². The number of pyridine rings is 1. The lowest BCUT2D eigenvalue weighted by Gasteiger charge is -2.36. The lowest BCUT2D eigenvalue weighted by atomic mass is 9.76. The summed E-state index contributed by atoms with van der Waals surface area (Å²) in [4.78, 5) is 15.8. The van der Waals surface area contributed by atoms with Crippen molar-refractivity contribution in [2.24, 2.45) is 11.8 Å². The van der Waals surface area contributed by atoms with E-state index in [1.807, 2.05) is 6.07 Å². The summed E-state index contributed by atoms with van der Waals surface area (Å²) in [6.45, 7) is 2.91. The molecule has 1 N–H and O–H groups in total. The average molecular weight is 349 g/mol. The molecule has 0 radical (unpaired) electrons. The summed E-state index contributed by atoms with van der Waals surface area (Å²) in [5.74, 6) is 0.0841. The first kappa shape index (κ1) is 15.4. The first-order valence-corrected chi connectivity index (χ1v) is 9.03. The van der Waals surface area contributed by atoms with Crippen molar-refractivity contribution in [3.8, 4) is 0 Å². The van der Waals surface area contributed by atoms with E-state index in [0.717, 1.165) is 24.0 Å². The maximum absolute atomic E-state index is 12.3. The third-order valence-electron chi connectivity index (χ3n) is 5.97. The molecule has 3 atom stereocenters. The highest BCUT2D eigenvalue weighted by molar-refractivity contribution is 6.07. The third-order valence-corrected chi connectivity index (χ3v) is 5.97. The number of aromatic amines is 1. The van der Waals surface area contributed by atoms with Crippen LogP contribution in [0.2, 0.25) is 0 Å². The van der Waals surface area contributed by atoms with Crippen LogP contribution in [0.15, 0.2) is 48.4 Å².